The Balaban J connectivity index is 1.44. The number of benzene rings is 4. The van der Waals surface area contributed by atoms with Crippen LogP contribution in [0.1, 0.15) is 5.56 Å². The fraction of sp³-hybridized carbons (Fsp3) is 0.0385. The summed E-state index contributed by atoms with van der Waals surface area (Å²) in [6, 6.07) is 24.7. The zero-order valence-electron chi connectivity index (χ0n) is 17.6. The van der Waals surface area contributed by atoms with E-state index in [0.29, 0.717) is 27.2 Å². The van der Waals surface area contributed by atoms with Crippen LogP contribution in [0, 0.1) is 6.92 Å². The average Bonchev–Trinajstić information content (AvgIpc) is 3.20. The fourth-order valence-electron chi connectivity index (χ4n) is 3.45. The molecule has 0 aliphatic heterocycles. The van der Waals surface area contributed by atoms with Gasteiger partial charge in [-0.15, -0.1) is 11.3 Å². The molecule has 164 valence electrons. The molecular formula is C26H19Cl2N3OS. The number of hydrogen-bond donors (Lipinski definition) is 2. The SMILES string of the molecule is Cc1ccc2nc(-c3ccc(N)cc3Nc3ccc(Oc4ccc(Cl)cc4)c(Cl)c3)sc2c1. The Morgan fingerprint density at radius 3 is 2.52 bits per heavy atom. The number of aryl methyl sites for hydroxylation is 1. The molecular weight excluding hydrogens is 473 g/mol. The molecule has 0 atom stereocenters. The largest absolute Gasteiger partial charge is 0.456 e. The molecule has 1 heterocycles. The van der Waals surface area contributed by atoms with Gasteiger partial charge in [-0.05, 0) is 85.3 Å². The van der Waals surface area contributed by atoms with Crippen molar-refractivity contribution in [1.82, 2.24) is 4.98 Å². The molecule has 0 saturated heterocycles. The number of nitrogens with zero attached hydrogens (tertiary/aromatic N) is 1. The van der Waals surface area contributed by atoms with Gasteiger partial charge in [0, 0.05) is 22.0 Å². The van der Waals surface area contributed by atoms with E-state index >= 15 is 0 Å². The summed E-state index contributed by atoms with van der Waals surface area (Å²) in [6.07, 6.45) is 0. The average molecular weight is 492 g/mol. The molecule has 0 spiro atoms. The molecule has 0 aliphatic rings. The van der Waals surface area contributed by atoms with E-state index in [1.54, 1.807) is 35.6 Å². The lowest BCUT2D eigenvalue weighted by molar-refractivity contribution is 0.483. The van der Waals surface area contributed by atoms with Crippen LogP contribution in [0.4, 0.5) is 17.1 Å². The predicted molar refractivity (Wildman–Crippen MR) is 140 cm³/mol. The minimum absolute atomic E-state index is 0.482. The molecule has 4 nitrogen and oxygen atoms in total. The zero-order valence-corrected chi connectivity index (χ0v) is 19.9. The molecule has 33 heavy (non-hydrogen) atoms. The summed E-state index contributed by atoms with van der Waals surface area (Å²) in [5, 5.41) is 5.49. The number of ether oxygens (including phenoxy) is 1. The van der Waals surface area contributed by atoms with Crippen molar-refractivity contribution in [3.63, 3.8) is 0 Å². The van der Waals surface area contributed by atoms with E-state index in [4.69, 9.17) is 38.7 Å². The van der Waals surface area contributed by atoms with E-state index < -0.39 is 0 Å². The van der Waals surface area contributed by atoms with Gasteiger partial charge in [-0.2, -0.15) is 0 Å². The normalized spacial score (nSPS) is 11.0. The van der Waals surface area contributed by atoms with Gasteiger partial charge < -0.3 is 15.8 Å². The van der Waals surface area contributed by atoms with Crippen LogP contribution in [0.25, 0.3) is 20.8 Å². The highest BCUT2D eigenvalue weighted by Crippen LogP contribution is 2.38. The predicted octanol–water partition coefficient (Wildman–Crippen LogP) is 8.70. The third-order valence-corrected chi connectivity index (χ3v) is 6.67. The van der Waals surface area contributed by atoms with E-state index in [0.717, 1.165) is 32.2 Å². The molecule has 0 radical (unpaired) electrons. The first-order valence-electron chi connectivity index (χ1n) is 10.2. The number of thiazole rings is 1. The van der Waals surface area contributed by atoms with Crippen LogP contribution in [-0.4, -0.2) is 4.98 Å². The van der Waals surface area contributed by atoms with E-state index in [1.807, 2.05) is 42.5 Å². The number of hydrogen-bond acceptors (Lipinski definition) is 5. The maximum absolute atomic E-state index is 6.51. The lowest BCUT2D eigenvalue weighted by atomic mass is 10.1. The van der Waals surface area contributed by atoms with Gasteiger partial charge in [0.15, 0.2) is 0 Å². The molecule has 0 saturated carbocycles. The quantitative estimate of drug-likeness (QED) is 0.241. The number of nitrogens with one attached hydrogen (secondary N) is 1. The summed E-state index contributed by atoms with van der Waals surface area (Å²) in [4.78, 5) is 4.82. The monoisotopic (exact) mass is 491 g/mol. The van der Waals surface area contributed by atoms with Gasteiger partial charge in [0.25, 0.3) is 0 Å². The first-order valence-corrected chi connectivity index (χ1v) is 11.8. The van der Waals surface area contributed by atoms with Gasteiger partial charge in [0.2, 0.25) is 0 Å². The van der Waals surface area contributed by atoms with Gasteiger partial charge >= 0.3 is 0 Å². The smallest absolute Gasteiger partial charge is 0.146 e. The number of aromatic nitrogens is 1. The highest BCUT2D eigenvalue weighted by molar-refractivity contribution is 7.21. The lowest BCUT2D eigenvalue weighted by Gasteiger charge is -2.13. The molecule has 0 amide bonds. The van der Waals surface area contributed by atoms with Crippen LogP contribution in [-0.2, 0) is 0 Å². The first-order chi connectivity index (χ1) is 15.9. The van der Waals surface area contributed by atoms with E-state index in [-0.39, 0.29) is 0 Å². The summed E-state index contributed by atoms with van der Waals surface area (Å²) in [7, 11) is 0. The Labute approximate surface area is 205 Å². The van der Waals surface area contributed by atoms with Crippen molar-refractivity contribution >= 4 is 61.8 Å². The molecule has 5 rings (SSSR count). The van der Waals surface area contributed by atoms with Crippen LogP contribution < -0.4 is 15.8 Å². The van der Waals surface area contributed by atoms with Crippen LogP contribution in [0.5, 0.6) is 11.5 Å². The van der Waals surface area contributed by atoms with Crippen LogP contribution in [0.3, 0.4) is 0 Å². The summed E-state index contributed by atoms with van der Waals surface area (Å²) in [6.45, 7) is 2.08. The second-order valence-electron chi connectivity index (χ2n) is 7.62. The van der Waals surface area contributed by atoms with Gasteiger partial charge in [-0.25, -0.2) is 4.98 Å². The molecule has 7 heteroatoms. The summed E-state index contributed by atoms with van der Waals surface area (Å²) in [5.41, 5.74) is 11.6. The molecule has 5 aromatic rings. The van der Waals surface area contributed by atoms with Gasteiger partial charge in [-0.3, -0.25) is 0 Å². The molecule has 0 fully saturated rings. The highest BCUT2D eigenvalue weighted by atomic mass is 35.5. The van der Waals surface area contributed by atoms with Gasteiger partial charge in [0.1, 0.15) is 16.5 Å². The summed E-state index contributed by atoms with van der Waals surface area (Å²) >= 11 is 14.1. The van der Waals surface area contributed by atoms with Crippen molar-refractivity contribution in [3.8, 4) is 22.1 Å². The molecule has 0 bridgehead atoms. The lowest BCUT2D eigenvalue weighted by Crippen LogP contribution is -1.96. The minimum Gasteiger partial charge on any atom is -0.456 e. The Morgan fingerprint density at radius 2 is 1.73 bits per heavy atom. The maximum Gasteiger partial charge on any atom is 0.146 e. The number of rotatable bonds is 5. The standard InChI is InChI=1S/C26H19Cl2N3OS/c1-15-2-10-22-25(12-15)33-26(31-22)20-9-5-17(29)13-23(20)30-18-6-11-24(21(28)14-18)32-19-7-3-16(27)4-8-19/h2-14,30H,29H2,1H3. The van der Waals surface area contributed by atoms with E-state index in [1.165, 1.54) is 5.56 Å². The van der Waals surface area contributed by atoms with Crippen molar-refractivity contribution in [3.05, 3.63) is 94.5 Å². The van der Waals surface area contributed by atoms with Crippen molar-refractivity contribution in [2.45, 2.75) is 6.92 Å². The van der Waals surface area contributed by atoms with Crippen LogP contribution in [0.2, 0.25) is 10.0 Å². The van der Waals surface area contributed by atoms with Crippen molar-refractivity contribution in [2.75, 3.05) is 11.1 Å². The summed E-state index contributed by atoms with van der Waals surface area (Å²) < 4.78 is 7.03. The number of nitrogen functional groups attached to an aromatic ring is 1. The van der Waals surface area contributed by atoms with Gasteiger partial charge in [-0.1, -0.05) is 29.3 Å². The number of nitrogens with two attached hydrogens (primary N) is 1. The number of halogens is 2. The molecule has 3 N–H and O–H groups in total. The Hall–Kier alpha value is -3.25. The van der Waals surface area contributed by atoms with Crippen molar-refractivity contribution in [2.24, 2.45) is 0 Å². The van der Waals surface area contributed by atoms with E-state index in [9.17, 15) is 0 Å². The number of anilines is 3. The fourth-order valence-corrected chi connectivity index (χ4v) is 4.89. The minimum atomic E-state index is 0.482. The Kier molecular flexibility index (Phi) is 5.85. The molecule has 1 aromatic heterocycles. The third-order valence-electron chi connectivity index (χ3n) is 5.07. The van der Waals surface area contributed by atoms with E-state index in [2.05, 4.69) is 24.4 Å². The van der Waals surface area contributed by atoms with Crippen molar-refractivity contribution < 1.29 is 4.74 Å². The number of fused-ring (bicyclic) bond motifs is 1. The third kappa shape index (κ3) is 4.76. The Bertz CT molecular complexity index is 1460. The zero-order chi connectivity index (χ0) is 22.9. The van der Waals surface area contributed by atoms with Crippen LogP contribution >= 0.6 is 34.5 Å². The first kappa shape index (κ1) is 21.6. The molecule has 0 unspecified atom stereocenters. The second-order valence-corrected chi connectivity index (χ2v) is 9.50. The van der Waals surface area contributed by atoms with Crippen LogP contribution in [0.15, 0.2) is 78.9 Å². The van der Waals surface area contributed by atoms with Gasteiger partial charge in [0.05, 0.1) is 20.9 Å². The maximum atomic E-state index is 6.51. The molecule has 4 aromatic carbocycles. The highest BCUT2D eigenvalue weighted by Gasteiger charge is 2.13. The topological polar surface area (TPSA) is 60.2 Å². The van der Waals surface area contributed by atoms with Crippen molar-refractivity contribution in [1.29, 1.82) is 0 Å². The summed E-state index contributed by atoms with van der Waals surface area (Å²) in [5.74, 6) is 1.21. The Morgan fingerprint density at radius 1 is 0.909 bits per heavy atom. The molecule has 0 aliphatic carbocycles. The second kappa shape index (κ2) is 8.94.